The fraction of sp³-hybridized carbons (Fsp3) is 0.294. The highest BCUT2D eigenvalue weighted by molar-refractivity contribution is 7.15. The minimum Gasteiger partial charge on any atom is -0.353 e. The third-order valence-electron chi connectivity index (χ3n) is 3.93. The number of hydrogen-bond donors (Lipinski definition) is 0. The number of nitrogens with zero attached hydrogens (tertiary/aromatic N) is 4. The maximum atomic E-state index is 12.5. The lowest BCUT2D eigenvalue weighted by Crippen LogP contribution is -2.48. The first-order valence-corrected chi connectivity index (χ1v) is 8.41. The van der Waals surface area contributed by atoms with Crippen molar-refractivity contribution >= 4 is 28.8 Å². The number of ketones is 1. The van der Waals surface area contributed by atoms with Crippen LogP contribution >= 0.6 is 11.3 Å². The van der Waals surface area contributed by atoms with Crippen LogP contribution in [0.15, 0.2) is 30.5 Å². The van der Waals surface area contributed by atoms with Gasteiger partial charge in [0.1, 0.15) is 5.82 Å². The quantitative estimate of drug-likeness (QED) is 0.800. The van der Waals surface area contributed by atoms with Crippen LogP contribution in [-0.4, -0.2) is 47.8 Å². The van der Waals surface area contributed by atoms with Gasteiger partial charge in [0.15, 0.2) is 5.78 Å². The summed E-state index contributed by atoms with van der Waals surface area (Å²) in [6.45, 7) is 4.01. The summed E-state index contributed by atoms with van der Waals surface area (Å²) in [5, 5.41) is 8.97. The summed E-state index contributed by atoms with van der Waals surface area (Å²) < 4.78 is 0. The molecule has 0 aliphatic carbocycles. The van der Waals surface area contributed by atoms with Gasteiger partial charge in [0, 0.05) is 32.4 Å². The summed E-state index contributed by atoms with van der Waals surface area (Å²) in [6.07, 6.45) is 1.63. The molecule has 3 heterocycles. The normalized spacial score (nSPS) is 14.3. The van der Waals surface area contributed by atoms with Gasteiger partial charge in [0.2, 0.25) is 0 Å². The monoisotopic (exact) mass is 340 g/mol. The van der Waals surface area contributed by atoms with Gasteiger partial charge in [-0.15, -0.1) is 11.3 Å². The number of rotatable bonds is 3. The van der Waals surface area contributed by atoms with Crippen LogP contribution in [-0.2, 0) is 0 Å². The highest BCUT2D eigenvalue weighted by atomic mass is 32.1. The van der Waals surface area contributed by atoms with Crippen molar-refractivity contribution in [1.29, 1.82) is 5.26 Å². The van der Waals surface area contributed by atoms with E-state index in [0.717, 1.165) is 5.82 Å². The van der Waals surface area contributed by atoms with Crippen molar-refractivity contribution in [3.05, 3.63) is 45.8 Å². The second-order valence-corrected chi connectivity index (χ2v) is 6.60. The van der Waals surface area contributed by atoms with Gasteiger partial charge in [-0.1, -0.05) is 0 Å². The Kier molecular flexibility index (Phi) is 4.58. The summed E-state index contributed by atoms with van der Waals surface area (Å²) in [7, 11) is 0. The summed E-state index contributed by atoms with van der Waals surface area (Å²) in [5.74, 6) is 0.703. The van der Waals surface area contributed by atoms with Crippen molar-refractivity contribution in [1.82, 2.24) is 9.88 Å². The largest absolute Gasteiger partial charge is 0.353 e. The maximum absolute atomic E-state index is 12.5. The number of piperazine rings is 1. The molecule has 0 aromatic carbocycles. The van der Waals surface area contributed by atoms with Crippen LogP contribution < -0.4 is 4.90 Å². The molecule has 0 N–H and O–H groups in total. The molecule has 6 nitrogen and oxygen atoms in total. The number of pyridine rings is 1. The molecule has 1 fully saturated rings. The Labute approximate surface area is 143 Å². The van der Waals surface area contributed by atoms with E-state index in [1.54, 1.807) is 35.4 Å². The average Bonchev–Trinajstić information content (AvgIpc) is 3.12. The minimum atomic E-state index is -0.0362. The second-order valence-electron chi connectivity index (χ2n) is 5.51. The van der Waals surface area contributed by atoms with Crippen LogP contribution in [0.3, 0.4) is 0 Å². The lowest BCUT2D eigenvalue weighted by molar-refractivity contribution is 0.0751. The van der Waals surface area contributed by atoms with Crippen LogP contribution in [0, 0.1) is 11.3 Å². The Morgan fingerprint density at radius 2 is 1.88 bits per heavy atom. The molecule has 2 aromatic rings. The van der Waals surface area contributed by atoms with E-state index < -0.39 is 0 Å². The smallest absolute Gasteiger partial charge is 0.264 e. The van der Waals surface area contributed by atoms with Crippen molar-refractivity contribution in [3.63, 3.8) is 0 Å². The number of carbonyl (C=O) groups is 2. The zero-order chi connectivity index (χ0) is 17.1. The molecule has 0 atom stereocenters. The van der Waals surface area contributed by atoms with Gasteiger partial charge in [0.25, 0.3) is 5.91 Å². The molecule has 0 spiro atoms. The molecule has 1 saturated heterocycles. The Balaban J connectivity index is 1.64. The highest BCUT2D eigenvalue weighted by Crippen LogP contribution is 2.21. The van der Waals surface area contributed by atoms with Crippen molar-refractivity contribution < 1.29 is 9.59 Å². The van der Waals surface area contributed by atoms with E-state index >= 15 is 0 Å². The van der Waals surface area contributed by atoms with Gasteiger partial charge in [-0.2, -0.15) is 5.26 Å². The van der Waals surface area contributed by atoms with E-state index in [2.05, 4.69) is 16.0 Å². The molecule has 7 heteroatoms. The van der Waals surface area contributed by atoms with Crippen LogP contribution in [0.2, 0.25) is 0 Å². The summed E-state index contributed by atoms with van der Waals surface area (Å²) in [5.41, 5.74) is 0.578. The van der Waals surface area contributed by atoms with Crippen LogP contribution in [0.25, 0.3) is 0 Å². The highest BCUT2D eigenvalue weighted by Gasteiger charge is 2.24. The van der Waals surface area contributed by atoms with E-state index in [0.29, 0.717) is 41.5 Å². The molecule has 24 heavy (non-hydrogen) atoms. The molecule has 0 bridgehead atoms. The van der Waals surface area contributed by atoms with Crippen molar-refractivity contribution in [2.24, 2.45) is 0 Å². The molecule has 0 radical (unpaired) electrons. The Morgan fingerprint density at radius 3 is 2.50 bits per heavy atom. The number of nitriles is 1. The summed E-state index contributed by atoms with van der Waals surface area (Å²) >= 11 is 1.24. The molecule has 2 aromatic heterocycles. The third kappa shape index (κ3) is 3.29. The Morgan fingerprint density at radius 1 is 1.17 bits per heavy atom. The first kappa shape index (κ1) is 16.1. The van der Waals surface area contributed by atoms with E-state index in [-0.39, 0.29) is 11.7 Å². The van der Waals surface area contributed by atoms with Gasteiger partial charge in [0.05, 0.1) is 21.4 Å². The first-order valence-electron chi connectivity index (χ1n) is 7.59. The summed E-state index contributed by atoms with van der Waals surface area (Å²) in [6, 6.07) is 8.96. The summed E-state index contributed by atoms with van der Waals surface area (Å²) in [4.78, 5) is 33.2. The number of carbonyl (C=O) groups excluding carboxylic acids is 2. The van der Waals surface area contributed by atoms with Crippen LogP contribution in [0.1, 0.15) is 31.8 Å². The van der Waals surface area contributed by atoms with Gasteiger partial charge < -0.3 is 9.80 Å². The molecule has 1 aliphatic rings. The Hall–Kier alpha value is -2.72. The van der Waals surface area contributed by atoms with E-state index in [9.17, 15) is 9.59 Å². The maximum Gasteiger partial charge on any atom is 0.264 e. The molecule has 0 saturated carbocycles. The van der Waals surface area contributed by atoms with E-state index in [1.807, 2.05) is 0 Å². The number of Topliss-reactive ketones (excluding diaryl/α,β-unsaturated/α-hetero) is 1. The van der Waals surface area contributed by atoms with Gasteiger partial charge in [-0.3, -0.25) is 9.59 Å². The third-order valence-corrected chi connectivity index (χ3v) is 5.10. The van der Waals surface area contributed by atoms with Crippen LogP contribution in [0.4, 0.5) is 5.82 Å². The lowest BCUT2D eigenvalue weighted by atomic mass is 10.2. The lowest BCUT2D eigenvalue weighted by Gasteiger charge is -2.35. The SMILES string of the molecule is CC(=O)c1ccc(C(=O)N2CCN(c3cc(C#N)ccn3)CC2)s1. The number of thiophene rings is 1. The fourth-order valence-corrected chi connectivity index (χ4v) is 3.47. The number of hydrogen-bond acceptors (Lipinski definition) is 6. The molecule has 122 valence electrons. The minimum absolute atomic E-state index is 0.0210. The predicted molar refractivity (Wildman–Crippen MR) is 91.4 cm³/mol. The number of anilines is 1. The Bertz CT molecular complexity index is 816. The second kappa shape index (κ2) is 6.81. The van der Waals surface area contributed by atoms with Gasteiger partial charge in [-0.05, 0) is 31.2 Å². The van der Waals surface area contributed by atoms with Gasteiger partial charge in [-0.25, -0.2) is 4.98 Å². The molecule has 0 unspecified atom stereocenters. The molecule has 1 aliphatic heterocycles. The number of aromatic nitrogens is 1. The van der Waals surface area contributed by atoms with E-state index in [1.165, 1.54) is 18.3 Å². The van der Waals surface area contributed by atoms with Crippen molar-refractivity contribution in [2.45, 2.75) is 6.92 Å². The topological polar surface area (TPSA) is 77.3 Å². The molecule has 1 amide bonds. The fourth-order valence-electron chi connectivity index (χ4n) is 2.60. The average molecular weight is 340 g/mol. The van der Waals surface area contributed by atoms with Crippen LogP contribution in [0.5, 0.6) is 0 Å². The standard InChI is InChI=1S/C17H16N4O2S/c1-12(22)14-2-3-15(24-14)17(23)21-8-6-20(7-9-21)16-10-13(11-18)4-5-19-16/h2-5,10H,6-9H2,1H3. The zero-order valence-corrected chi connectivity index (χ0v) is 14.0. The molecule has 3 rings (SSSR count). The van der Waals surface area contributed by atoms with Crippen molar-refractivity contribution in [2.75, 3.05) is 31.1 Å². The van der Waals surface area contributed by atoms with Gasteiger partial charge >= 0.3 is 0 Å². The predicted octanol–water partition coefficient (Wildman–Crippen LogP) is 2.18. The molecular formula is C17H16N4O2S. The molecular weight excluding hydrogens is 324 g/mol. The zero-order valence-electron chi connectivity index (χ0n) is 13.2. The van der Waals surface area contributed by atoms with E-state index in [4.69, 9.17) is 5.26 Å². The van der Waals surface area contributed by atoms with Crippen molar-refractivity contribution in [3.8, 4) is 6.07 Å². The number of amides is 1. The first-order chi connectivity index (χ1) is 11.6.